The molecule has 0 bridgehead atoms. The van der Waals surface area contributed by atoms with Crippen LogP contribution in [0.5, 0.6) is 0 Å². The second kappa shape index (κ2) is 26.5. The maximum Gasteiger partial charge on any atom is 0.305 e. The summed E-state index contributed by atoms with van der Waals surface area (Å²) in [6.07, 6.45) is 32.3. The standard InChI is InChI=1S/C30H58O2/c1-4-6-7-8-9-10-11-15-18-21-24-27-30(31)32-28-25-22-19-16-13-12-14-17-20-23-26-29(3)5-2/h8-9,29H,4-7,10-28H2,1-3H3. The number of unbranched alkanes of at least 4 members (excludes halogenated alkanes) is 16. The van der Waals surface area contributed by atoms with Gasteiger partial charge in [0.15, 0.2) is 0 Å². The Balaban J connectivity index is 3.20. The van der Waals surface area contributed by atoms with E-state index in [2.05, 4.69) is 32.9 Å². The molecule has 0 saturated heterocycles. The lowest BCUT2D eigenvalue weighted by Crippen LogP contribution is -2.05. The van der Waals surface area contributed by atoms with Gasteiger partial charge in [0.2, 0.25) is 0 Å². The van der Waals surface area contributed by atoms with Gasteiger partial charge in [0.25, 0.3) is 0 Å². The fourth-order valence-corrected chi connectivity index (χ4v) is 4.09. The van der Waals surface area contributed by atoms with Gasteiger partial charge in [-0.2, -0.15) is 0 Å². The average molecular weight is 451 g/mol. The van der Waals surface area contributed by atoms with E-state index >= 15 is 0 Å². The van der Waals surface area contributed by atoms with Crippen LogP contribution in [0.2, 0.25) is 0 Å². The summed E-state index contributed by atoms with van der Waals surface area (Å²) in [7, 11) is 0. The molecule has 0 aromatic rings. The van der Waals surface area contributed by atoms with Crippen molar-refractivity contribution in [1.29, 1.82) is 0 Å². The lowest BCUT2D eigenvalue weighted by atomic mass is 9.99. The molecule has 0 radical (unpaired) electrons. The first-order valence-electron chi connectivity index (χ1n) is 14.5. The Labute approximate surface area is 202 Å². The number of carbonyl (C=O) groups excluding carboxylic acids is 1. The molecule has 0 aromatic heterocycles. The number of esters is 1. The Morgan fingerprint density at radius 3 is 1.75 bits per heavy atom. The van der Waals surface area contributed by atoms with Crippen molar-refractivity contribution in [1.82, 2.24) is 0 Å². The highest BCUT2D eigenvalue weighted by Crippen LogP contribution is 2.15. The molecule has 0 aliphatic heterocycles. The molecule has 0 N–H and O–H groups in total. The summed E-state index contributed by atoms with van der Waals surface area (Å²) in [4.78, 5) is 11.8. The van der Waals surface area contributed by atoms with Gasteiger partial charge in [0.05, 0.1) is 6.61 Å². The third-order valence-electron chi connectivity index (χ3n) is 6.69. The molecule has 190 valence electrons. The van der Waals surface area contributed by atoms with E-state index in [9.17, 15) is 4.79 Å². The number of hydrogen-bond donors (Lipinski definition) is 0. The van der Waals surface area contributed by atoms with Crippen molar-refractivity contribution in [2.45, 2.75) is 162 Å². The zero-order valence-corrected chi connectivity index (χ0v) is 22.3. The lowest BCUT2D eigenvalue weighted by Gasteiger charge is -2.07. The number of carbonyl (C=O) groups is 1. The van der Waals surface area contributed by atoms with Gasteiger partial charge in [-0.15, -0.1) is 0 Å². The quantitative estimate of drug-likeness (QED) is 0.0785. The van der Waals surface area contributed by atoms with Crippen molar-refractivity contribution >= 4 is 5.97 Å². The van der Waals surface area contributed by atoms with Crippen LogP contribution in [-0.2, 0) is 9.53 Å². The van der Waals surface area contributed by atoms with Crippen LogP contribution < -0.4 is 0 Å². The topological polar surface area (TPSA) is 26.3 Å². The van der Waals surface area contributed by atoms with E-state index in [0.29, 0.717) is 13.0 Å². The minimum atomic E-state index is 0.0113. The molecule has 0 rings (SSSR count). The monoisotopic (exact) mass is 450 g/mol. The van der Waals surface area contributed by atoms with Crippen LogP contribution in [0.1, 0.15) is 162 Å². The Bertz CT molecular complexity index is 402. The number of ether oxygens (including phenoxy) is 1. The van der Waals surface area contributed by atoms with Crippen LogP contribution in [0.3, 0.4) is 0 Å². The molecule has 0 saturated carbocycles. The van der Waals surface area contributed by atoms with Crippen molar-refractivity contribution in [2.75, 3.05) is 6.61 Å². The number of hydrogen-bond acceptors (Lipinski definition) is 2. The van der Waals surface area contributed by atoms with Crippen LogP contribution in [0.4, 0.5) is 0 Å². The Hall–Kier alpha value is -0.790. The predicted octanol–water partition coefficient (Wildman–Crippen LogP) is 10.3. The van der Waals surface area contributed by atoms with E-state index < -0.39 is 0 Å². The first-order chi connectivity index (χ1) is 15.7. The van der Waals surface area contributed by atoms with Crippen LogP contribution in [0.15, 0.2) is 12.2 Å². The van der Waals surface area contributed by atoms with Gasteiger partial charge in [0.1, 0.15) is 0 Å². The summed E-state index contributed by atoms with van der Waals surface area (Å²) in [5.41, 5.74) is 0. The third-order valence-corrected chi connectivity index (χ3v) is 6.69. The summed E-state index contributed by atoms with van der Waals surface area (Å²) < 4.78 is 5.39. The van der Waals surface area contributed by atoms with Crippen molar-refractivity contribution in [3.05, 3.63) is 12.2 Å². The highest BCUT2D eigenvalue weighted by Gasteiger charge is 2.02. The van der Waals surface area contributed by atoms with Gasteiger partial charge in [-0.3, -0.25) is 4.79 Å². The molecule has 0 aromatic carbocycles. The van der Waals surface area contributed by atoms with Crippen LogP contribution in [-0.4, -0.2) is 12.6 Å². The summed E-state index contributed by atoms with van der Waals surface area (Å²) >= 11 is 0. The van der Waals surface area contributed by atoms with Gasteiger partial charge in [0, 0.05) is 6.42 Å². The molecular formula is C30H58O2. The average Bonchev–Trinajstić information content (AvgIpc) is 2.80. The van der Waals surface area contributed by atoms with Crippen molar-refractivity contribution < 1.29 is 9.53 Å². The molecule has 1 atom stereocenters. The summed E-state index contributed by atoms with van der Waals surface area (Å²) in [5.74, 6) is 0.925. The predicted molar refractivity (Wildman–Crippen MR) is 142 cm³/mol. The largest absolute Gasteiger partial charge is 0.466 e. The maximum atomic E-state index is 11.8. The first kappa shape index (κ1) is 31.2. The molecule has 0 amide bonds. The van der Waals surface area contributed by atoms with Gasteiger partial charge in [-0.1, -0.05) is 136 Å². The van der Waals surface area contributed by atoms with Gasteiger partial charge in [-0.25, -0.2) is 0 Å². The van der Waals surface area contributed by atoms with Crippen LogP contribution >= 0.6 is 0 Å². The zero-order chi connectivity index (χ0) is 23.5. The highest BCUT2D eigenvalue weighted by molar-refractivity contribution is 5.69. The van der Waals surface area contributed by atoms with Crippen molar-refractivity contribution in [3.63, 3.8) is 0 Å². The van der Waals surface area contributed by atoms with Gasteiger partial charge < -0.3 is 4.74 Å². The SMILES string of the molecule is CCCCC=CCCCCCCCC(=O)OCCCCCCCCCCCCC(C)CC. The fourth-order valence-electron chi connectivity index (χ4n) is 4.09. The summed E-state index contributed by atoms with van der Waals surface area (Å²) in [5, 5.41) is 0. The normalized spacial score (nSPS) is 12.5. The maximum absolute atomic E-state index is 11.8. The highest BCUT2D eigenvalue weighted by atomic mass is 16.5. The van der Waals surface area contributed by atoms with Crippen molar-refractivity contribution in [2.24, 2.45) is 5.92 Å². The molecule has 0 heterocycles. The molecule has 32 heavy (non-hydrogen) atoms. The van der Waals surface area contributed by atoms with E-state index in [-0.39, 0.29) is 5.97 Å². The molecule has 0 aliphatic rings. The molecule has 1 unspecified atom stereocenters. The Kier molecular flexibility index (Phi) is 25.8. The molecule has 0 spiro atoms. The van der Waals surface area contributed by atoms with E-state index in [1.807, 2.05) is 0 Å². The minimum Gasteiger partial charge on any atom is -0.466 e. The van der Waals surface area contributed by atoms with E-state index in [1.54, 1.807) is 0 Å². The second-order valence-corrected chi connectivity index (χ2v) is 9.98. The van der Waals surface area contributed by atoms with E-state index in [1.165, 1.54) is 116 Å². The molecular weight excluding hydrogens is 392 g/mol. The number of rotatable bonds is 25. The molecule has 0 fully saturated rings. The molecule has 2 heteroatoms. The second-order valence-electron chi connectivity index (χ2n) is 9.98. The fraction of sp³-hybridized carbons (Fsp3) is 0.900. The van der Waals surface area contributed by atoms with Crippen LogP contribution in [0, 0.1) is 5.92 Å². The number of allylic oxidation sites excluding steroid dienone is 2. The van der Waals surface area contributed by atoms with Gasteiger partial charge >= 0.3 is 5.97 Å². The first-order valence-corrected chi connectivity index (χ1v) is 14.5. The Morgan fingerprint density at radius 1 is 0.656 bits per heavy atom. The Morgan fingerprint density at radius 2 is 1.16 bits per heavy atom. The molecule has 2 nitrogen and oxygen atoms in total. The van der Waals surface area contributed by atoms with Gasteiger partial charge in [-0.05, 0) is 38.0 Å². The lowest BCUT2D eigenvalue weighted by molar-refractivity contribution is -0.143. The van der Waals surface area contributed by atoms with Crippen molar-refractivity contribution in [3.8, 4) is 0 Å². The summed E-state index contributed by atoms with van der Waals surface area (Å²) in [6, 6.07) is 0. The smallest absolute Gasteiger partial charge is 0.305 e. The summed E-state index contributed by atoms with van der Waals surface area (Å²) in [6.45, 7) is 7.54. The van der Waals surface area contributed by atoms with E-state index in [4.69, 9.17) is 4.74 Å². The van der Waals surface area contributed by atoms with Crippen LogP contribution in [0.25, 0.3) is 0 Å². The third kappa shape index (κ3) is 25.5. The minimum absolute atomic E-state index is 0.0113. The molecule has 0 aliphatic carbocycles. The van der Waals surface area contributed by atoms with E-state index in [0.717, 1.165) is 25.2 Å². The zero-order valence-electron chi connectivity index (χ0n) is 22.3.